The highest BCUT2D eigenvalue weighted by atomic mass is 35.5. The van der Waals surface area contributed by atoms with E-state index in [2.05, 4.69) is 12.0 Å². The van der Waals surface area contributed by atoms with Crippen LogP contribution in [0, 0.1) is 6.92 Å². The van der Waals surface area contributed by atoms with Gasteiger partial charge in [-0.15, -0.1) is 11.3 Å². The Morgan fingerprint density at radius 1 is 1.09 bits per heavy atom. The van der Waals surface area contributed by atoms with Gasteiger partial charge in [0.1, 0.15) is 5.82 Å². The van der Waals surface area contributed by atoms with Crippen molar-refractivity contribution in [1.29, 1.82) is 0 Å². The van der Waals surface area contributed by atoms with Gasteiger partial charge in [0.2, 0.25) is 0 Å². The molecule has 6 nitrogen and oxygen atoms in total. The molecule has 1 N–H and O–H groups in total. The van der Waals surface area contributed by atoms with E-state index in [4.69, 9.17) is 16.6 Å². The molecule has 0 amide bonds. The van der Waals surface area contributed by atoms with Crippen LogP contribution in [0.3, 0.4) is 0 Å². The molecule has 0 aliphatic rings. The summed E-state index contributed by atoms with van der Waals surface area (Å²) in [4.78, 5) is 5.52. The van der Waals surface area contributed by atoms with Crippen LogP contribution in [0.4, 0.5) is 0 Å². The molecule has 0 saturated heterocycles. The number of aromatic nitrogens is 3. The quantitative estimate of drug-likeness (QED) is 0.329. The Kier molecular flexibility index (Phi) is 6.48. The van der Waals surface area contributed by atoms with Gasteiger partial charge in [0, 0.05) is 39.6 Å². The van der Waals surface area contributed by atoms with Crippen LogP contribution in [-0.2, 0) is 23.1 Å². The zero-order valence-electron chi connectivity index (χ0n) is 17.6. The van der Waals surface area contributed by atoms with E-state index in [0.29, 0.717) is 28.4 Å². The second-order valence-electron chi connectivity index (χ2n) is 7.47. The van der Waals surface area contributed by atoms with Crippen molar-refractivity contribution in [2.75, 3.05) is 0 Å². The molecular weight excluding hydrogens is 466 g/mol. The molecule has 0 radical (unpaired) electrons. The van der Waals surface area contributed by atoms with Crippen molar-refractivity contribution in [3.8, 4) is 22.5 Å². The number of thiophene rings is 1. The van der Waals surface area contributed by atoms with Crippen molar-refractivity contribution in [3.05, 3.63) is 75.9 Å². The SMILES string of the molecule is CCCn1nc(-c2ccccc2)nc1Cc1ccc(-c2cc(C)sc2S(=O)(=O)O)c(Cl)c1. The van der Waals surface area contributed by atoms with E-state index < -0.39 is 10.1 Å². The Morgan fingerprint density at radius 3 is 2.50 bits per heavy atom. The van der Waals surface area contributed by atoms with E-state index in [-0.39, 0.29) is 4.21 Å². The fourth-order valence-corrected chi connectivity index (χ4v) is 5.86. The number of aryl methyl sites for hydroxylation is 2. The summed E-state index contributed by atoms with van der Waals surface area (Å²) in [6.45, 7) is 4.64. The van der Waals surface area contributed by atoms with Gasteiger partial charge in [-0.2, -0.15) is 13.5 Å². The highest BCUT2D eigenvalue weighted by molar-refractivity contribution is 7.88. The molecule has 0 fully saturated rings. The first kappa shape index (κ1) is 22.7. The summed E-state index contributed by atoms with van der Waals surface area (Å²) in [6.07, 6.45) is 1.47. The van der Waals surface area contributed by atoms with E-state index in [0.717, 1.165) is 46.1 Å². The van der Waals surface area contributed by atoms with Gasteiger partial charge in [0.25, 0.3) is 0 Å². The van der Waals surface area contributed by atoms with Crippen molar-refractivity contribution in [3.63, 3.8) is 0 Å². The lowest BCUT2D eigenvalue weighted by molar-refractivity contribution is 0.486. The minimum absolute atomic E-state index is 0.0974. The molecule has 4 aromatic rings. The van der Waals surface area contributed by atoms with Crippen molar-refractivity contribution >= 4 is 33.1 Å². The molecule has 2 aromatic carbocycles. The Balaban J connectivity index is 1.68. The number of hydrogen-bond donors (Lipinski definition) is 1. The fraction of sp³-hybridized carbons (Fsp3) is 0.217. The zero-order valence-corrected chi connectivity index (χ0v) is 20.0. The Hall–Kier alpha value is -2.52. The normalized spacial score (nSPS) is 11.8. The molecule has 2 aromatic heterocycles. The Bertz CT molecular complexity index is 1360. The van der Waals surface area contributed by atoms with E-state index in [9.17, 15) is 13.0 Å². The van der Waals surface area contributed by atoms with Crippen LogP contribution in [0.2, 0.25) is 5.02 Å². The summed E-state index contributed by atoms with van der Waals surface area (Å²) in [5.41, 5.74) is 2.87. The molecule has 0 unspecified atom stereocenters. The number of rotatable bonds is 7. The van der Waals surface area contributed by atoms with E-state index in [1.54, 1.807) is 19.1 Å². The monoisotopic (exact) mass is 487 g/mol. The van der Waals surface area contributed by atoms with Gasteiger partial charge in [0.15, 0.2) is 10.0 Å². The summed E-state index contributed by atoms with van der Waals surface area (Å²) in [7, 11) is -4.33. The number of halogens is 1. The second kappa shape index (κ2) is 9.15. The molecule has 0 aliphatic carbocycles. The van der Waals surface area contributed by atoms with Crippen molar-refractivity contribution in [2.24, 2.45) is 0 Å². The third-order valence-electron chi connectivity index (χ3n) is 4.96. The maximum Gasteiger partial charge on any atom is 0.304 e. The van der Waals surface area contributed by atoms with Gasteiger partial charge >= 0.3 is 10.1 Å². The van der Waals surface area contributed by atoms with Crippen LogP contribution in [0.25, 0.3) is 22.5 Å². The molecule has 0 aliphatic heterocycles. The summed E-state index contributed by atoms with van der Waals surface area (Å²) in [5, 5.41) is 5.09. The fourth-order valence-electron chi connectivity index (χ4n) is 3.55. The Labute approximate surface area is 196 Å². The smallest absolute Gasteiger partial charge is 0.281 e. The molecule has 9 heteroatoms. The molecular formula is C23H22ClN3O3S2. The number of hydrogen-bond acceptors (Lipinski definition) is 5. The molecule has 32 heavy (non-hydrogen) atoms. The summed E-state index contributed by atoms with van der Waals surface area (Å²) >= 11 is 7.57. The molecule has 0 bridgehead atoms. The maximum atomic E-state index is 11.8. The van der Waals surface area contributed by atoms with Gasteiger partial charge in [-0.1, -0.05) is 61.0 Å². The lowest BCUT2D eigenvalue weighted by Gasteiger charge is -2.08. The standard InChI is InChI=1S/C23H22ClN3O3S2/c1-3-11-27-21(25-22(26-27)17-7-5-4-6-8-17)14-16-9-10-18(20(24)13-16)19-12-15(2)31-23(19)32(28,29)30/h4-10,12-13H,3,11,14H2,1-2H3,(H,28,29,30). The molecule has 166 valence electrons. The highest BCUT2D eigenvalue weighted by Gasteiger charge is 2.22. The summed E-state index contributed by atoms with van der Waals surface area (Å²) in [6, 6.07) is 17.1. The van der Waals surface area contributed by atoms with Gasteiger partial charge in [0.05, 0.1) is 0 Å². The zero-order chi connectivity index (χ0) is 22.9. The second-order valence-corrected chi connectivity index (χ2v) is 10.7. The molecule has 0 atom stereocenters. The highest BCUT2D eigenvalue weighted by Crippen LogP contribution is 2.38. The van der Waals surface area contributed by atoms with Gasteiger partial charge in [-0.05, 0) is 31.0 Å². The minimum atomic E-state index is -4.33. The first-order valence-electron chi connectivity index (χ1n) is 10.1. The minimum Gasteiger partial charge on any atom is -0.281 e. The first-order valence-corrected chi connectivity index (χ1v) is 12.8. The van der Waals surface area contributed by atoms with Crippen LogP contribution < -0.4 is 0 Å². The third kappa shape index (κ3) is 4.78. The van der Waals surface area contributed by atoms with Crippen molar-refractivity contribution < 1.29 is 13.0 Å². The van der Waals surface area contributed by atoms with E-state index in [1.165, 1.54) is 0 Å². The predicted molar refractivity (Wildman–Crippen MR) is 128 cm³/mol. The van der Waals surface area contributed by atoms with Crippen LogP contribution in [0.1, 0.15) is 29.6 Å². The van der Waals surface area contributed by atoms with E-state index >= 15 is 0 Å². The van der Waals surface area contributed by atoms with E-state index in [1.807, 2.05) is 47.1 Å². The summed E-state index contributed by atoms with van der Waals surface area (Å²) < 4.78 is 35.0. The first-order chi connectivity index (χ1) is 15.3. The average molecular weight is 488 g/mol. The van der Waals surface area contributed by atoms with Gasteiger partial charge < -0.3 is 0 Å². The van der Waals surface area contributed by atoms with Crippen LogP contribution in [-0.4, -0.2) is 27.7 Å². The van der Waals surface area contributed by atoms with Crippen molar-refractivity contribution in [2.45, 2.75) is 37.4 Å². The lowest BCUT2D eigenvalue weighted by Crippen LogP contribution is -2.06. The topological polar surface area (TPSA) is 85.1 Å². The Morgan fingerprint density at radius 2 is 1.84 bits per heavy atom. The van der Waals surface area contributed by atoms with Gasteiger partial charge in [-0.3, -0.25) is 4.55 Å². The predicted octanol–water partition coefficient (Wildman–Crippen LogP) is 5.88. The van der Waals surface area contributed by atoms with Gasteiger partial charge in [-0.25, -0.2) is 9.67 Å². The third-order valence-corrected chi connectivity index (χ3v) is 7.69. The average Bonchev–Trinajstić information content (AvgIpc) is 3.33. The van der Waals surface area contributed by atoms with Crippen LogP contribution in [0.5, 0.6) is 0 Å². The van der Waals surface area contributed by atoms with Crippen molar-refractivity contribution in [1.82, 2.24) is 14.8 Å². The molecule has 2 heterocycles. The van der Waals surface area contributed by atoms with Crippen LogP contribution in [0.15, 0.2) is 58.8 Å². The molecule has 0 saturated carbocycles. The summed E-state index contributed by atoms with van der Waals surface area (Å²) in [5.74, 6) is 1.52. The number of nitrogens with zero attached hydrogens (tertiary/aromatic N) is 3. The molecule has 4 rings (SSSR count). The van der Waals surface area contributed by atoms with Crippen LogP contribution >= 0.6 is 22.9 Å². The maximum absolute atomic E-state index is 11.8. The number of benzene rings is 2. The molecule has 0 spiro atoms. The largest absolute Gasteiger partial charge is 0.304 e. The lowest BCUT2D eigenvalue weighted by atomic mass is 10.0.